The summed E-state index contributed by atoms with van der Waals surface area (Å²) in [6.45, 7) is 0. The molecule has 0 amide bonds. The Morgan fingerprint density at radius 1 is 0.288 bits per heavy atom. The number of hydrogen-bond acceptors (Lipinski definition) is 4. The van der Waals surface area contributed by atoms with Gasteiger partial charge in [-0.25, -0.2) is 15.0 Å². The number of hydrogen-bond donors (Lipinski definition) is 0. The van der Waals surface area contributed by atoms with Crippen molar-refractivity contribution in [2.45, 2.75) is 0 Å². The lowest BCUT2D eigenvalue weighted by Crippen LogP contribution is -2.55. The monoisotopic (exact) mass is 747 g/mol. The van der Waals surface area contributed by atoms with Crippen molar-refractivity contribution in [3.63, 3.8) is 0 Å². The average molecular weight is 746 g/mol. The zero-order valence-corrected chi connectivity index (χ0v) is 35.7. The molecule has 0 saturated carbocycles. The quantitative estimate of drug-likeness (QED) is 0.160. The largest absolute Gasteiger partial charge is 0.455 e. The molecule has 0 N–H and O–H groups in total. The van der Waals surface area contributed by atoms with Gasteiger partial charge in [-0.05, 0) is 33.9 Å². The molecule has 0 saturated heterocycles. The SMILES string of the molecule is Bc1c(B)c(B)c(-c2nc(-c3c(B)c(B)c(B)c(B)c3B)nc(-c3cccc4c3oc3c(-c5ccc(-c6ccc(-c7ccccc7)cc6)cc5)cccc34)n2)c(B)c1B. The van der Waals surface area contributed by atoms with E-state index in [0.717, 1.165) is 49.8 Å². The fourth-order valence-electron chi connectivity index (χ4n) is 8.94. The molecule has 7 aromatic carbocycles. The minimum absolute atomic E-state index is 0.600. The molecule has 0 aliphatic heterocycles. The van der Waals surface area contributed by atoms with Crippen LogP contribution in [0.4, 0.5) is 0 Å². The third-order valence-electron chi connectivity index (χ3n) is 13.4. The molecule has 0 radical (unpaired) electrons. The van der Waals surface area contributed by atoms with E-state index in [9.17, 15) is 0 Å². The molecule has 270 valence electrons. The molecule has 0 unspecified atom stereocenters. The predicted octanol–water partition coefficient (Wildman–Crippen LogP) is -5.64. The van der Waals surface area contributed by atoms with Crippen LogP contribution in [0.1, 0.15) is 0 Å². The van der Waals surface area contributed by atoms with Gasteiger partial charge in [0.25, 0.3) is 0 Å². The van der Waals surface area contributed by atoms with E-state index in [1.165, 1.54) is 76.9 Å². The van der Waals surface area contributed by atoms with E-state index in [2.05, 4.69) is 194 Å². The summed E-state index contributed by atoms with van der Waals surface area (Å²) in [7, 11) is 22.0. The van der Waals surface area contributed by atoms with Crippen LogP contribution >= 0.6 is 0 Å². The maximum Gasteiger partial charge on any atom is 0.167 e. The second kappa shape index (κ2) is 15.0. The molecule has 9 rings (SSSR count). The van der Waals surface area contributed by atoms with Gasteiger partial charge in [-0.15, -0.1) is 32.8 Å². The summed E-state index contributed by atoms with van der Waals surface area (Å²) >= 11 is 0. The number of rotatable bonds is 6. The van der Waals surface area contributed by atoms with Gasteiger partial charge < -0.3 is 4.42 Å². The highest BCUT2D eigenvalue weighted by Crippen LogP contribution is 2.40. The Morgan fingerprint density at radius 3 is 1.07 bits per heavy atom. The van der Waals surface area contributed by atoms with Crippen LogP contribution < -0.4 is 54.6 Å². The van der Waals surface area contributed by atoms with Crippen LogP contribution in [0.5, 0.6) is 0 Å². The van der Waals surface area contributed by atoms with Gasteiger partial charge in [0.1, 0.15) is 89.6 Å². The Kier molecular flexibility index (Phi) is 9.78. The smallest absolute Gasteiger partial charge is 0.167 e. The van der Waals surface area contributed by atoms with Gasteiger partial charge in [-0.1, -0.05) is 131 Å². The Bertz CT molecular complexity index is 3010. The highest BCUT2D eigenvalue weighted by Gasteiger charge is 2.24. The van der Waals surface area contributed by atoms with Crippen LogP contribution in [0.15, 0.2) is 120 Å². The number of furan rings is 1. The molecular formula is C45H39B10N3O. The molecule has 0 fully saturated rings. The minimum atomic E-state index is 0.600. The van der Waals surface area contributed by atoms with Crippen molar-refractivity contribution in [3.05, 3.63) is 115 Å². The van der Waals surface area contributed by atoms with Gasteiger partial charge in [-0.2, -0.15) is 0 Å². The van der Waals surface area contributed by atoms with Gasteiger partial charge in [0.2, 0.25) is 0 Å². The normalized spacial score (nSPS) is 11.4. The predicted molar refractivity (Wildman–Crippen MR) is 282 cm³/mol. The molecule has 0 aliphatic rings. The molecule has 9 aromatic rings. The van der Waals surface area contributed by atoms with Crippen molar-refractivity contribution in [3.8, 4) is 67.5 Å². The molecule has 0 atom stereocenters. The Hall–Kier alpha value is -6.00. The lowest BCUT2D eigenvalue weighted by molar-refractivity contribution is 0.670. The van der Waals surface area contributed by atoms with E-state index in [-0.39, 0.29) is 0 Å². The summed E-state index contributed by atoms with van der Waals surface area (Å²) in [6.07, 6.45) is 0. The van der Waals surface area contributed by atoms with Crippen LogP contribution in [-0.2, 0) is 0 Å². The Morgan fingerprint density at radius 2 is 0.627 bits per heavy atom. The van der Waals surface area contributed by atoms with Gasteiger partial charge in [-0.3, -0.25) is 0 Å². The topological polar surface area (TPSA) is 51.8 Å². The molecule has 14 heteroatoms. The maximum absolute atomic E-state index is 6.99. The molecule has 2 aromatic heterocycles. The number of benzene rings is 7. The highest BCUT2D eigenvalue weighted by molar-refractivity contribution is 6.69. The molecule has 0 bridgehead atoms. The highest BCUT2D eigenvalue weighted by atomic mass is 16.3. The Balaban J connectivity index is 1.20. The molecule has 59 heavy (non-hydrogen) atoms. The van der Waals surface area contributed by atoms with Gasteiger partial charge in [0, 0.05) is 27.5 Å². The third kappa shape index (κ3) is 6.45. The van der Waals surface area contributed by atoms with Crippen molar-refractivity contribution >= 4 is 155 Å². The van der Waals surface area contributed by atoms with E-state index < -0.39 is 0 Å². The minimum Gasteiger partial charge on any atom is -0.455 e. The Labute approximate surface area is 355 Å². The first-order chi connectivity index (χ1) is 28.4. The van der Waals surface area contributed by atoms with Crippen molar-refractivity contribution in [1.82, 2.24) is 15.0 Å². The van der Waals surface area contributed by atoms with E-state index in [4.69, 9.17) is 19.4 Å². The van der Waals surface area contributed by atoms with E-state index in [1.807, 2.05) is 0 Å². The number of fused-ring (bicyclic) bond motifs is 3. The van der Waals surface area contributed by atoms with Gasteiger partial charge in [0.05, 0.1) is 5.56 Å². The molecule has 2 heterocycles. The van der Waals surface area contributed by atoms with Crippen molar-refractivity contribution in [2.75, 3.05) is 0 Å². The summed E-state index contributed by atoms with van der Waals surface area (Å²) in [5.41, 5.74) is 24.0. The van der Waals surface area contributed by atoms with Crippen LogP contribution in [0.25, 0.3) is 89.5 Å². The second-order valence-electron chi connectivity index (χ2n) is 16.3. The summed E-state index contributed by atoms with van der Waals surface area (Å²) in [5.74, 6) is 1.97. The second-order valence-corrected chi connectivity index (χ2v) is 16.3. The lowest BCUT2D eigenvalue weighted by Gasteiger charge is -2.22. The fourth-order valence-corrected chi connectivity index (χ4v) is 8.94. The first kappa shape index (κ1) is 38.5. The lowest BCUT2D eigenvalue weighted by atomic mass is 9.60. The van der Waals surface area contributed by atoms with Gasteiger partial charge in [0.15, 0.2) is 17.5 Å². The summed E-state index contributed by atoms with van der Waals surface area (Å²) < 4.78 is 6.99. The van der Waals surface area contributed by atoms with Gasteiger partial charge >= 0.3 is 0 Å². The summed E-state index contributed by atoms with van der Waals surface area (Å²) in [5, 5.41) is 2.09. The molecule has 0 spiro atoms. The van der Waals surface area contributed by atoms with Crippen LogP contribution in [0, 0.1) is 0 Å². The van der Waals surface area contributed by atoms with Crippen molar-refractivity contribution < 1.29 is 4.42 Å². The van der Waals surface area contributed by atoms with Crippen LogP contribution in [0.3, 0.4) is 0 Å². The molecule has 4 nitrogen and oxygen atoms in total. The molecule has 0 aliphatic carbocycles. The fraction of sp³-hybridized carbons (Fsp3) is 0. The van der Waals surface area contributed by atoms with Crippen molar-refractivity contribution in [1.29, 1.82) is 0 Å². The zero-order chi connectivity index (χ0) is 41.3. The summed E-state index contributed by atoms with van der Waals surface area (Å²) in [4.78, 5) is 16.0. The van der Waals surface area contributed by atoms with Crippen molar-refractivity contribution in [2.24, 2.45) is 0 Å². The summed E-state index contributed by atoms with van der Waals surface area (Å²) in [6, 6.07) is 40.8. The van der Waals surface area contributed by atoms with Crippen LogP contribution in [-0.4, -0.2) is 93.4 Å². The standard InChI is InChI=1S/C45H39B10N3O/c46-31-29(32(47)36(51)39(54)35(31)50)44-56-43(57-45(58-44)30-33(48)37(52)40(55)38(53)34(30)49)28-11-5-10-27-26-9-4-8-25(41(26)59-42(27)28)24-18-16-23(17-19-24)22-14-12-21(13-15-22)20-6-2-1-3-7-20/h1-19H,46-55H2. The zero-order valence-electron chi connectivity index (χ0n) is 35.7. The first-order valence-corrected chi connectivity index (χ1v) is 20.5. The number of aromatic nitrogens is 3. The number of nitrogens with zero attached hydrogens (tertiary/aromatic N) is 3. The first-order valence-electron chi connectivity index (χ1n) is 20.5. The molecular weight excluding hydrogens is 707 g/mol. The van der Waals surface area contributed by atoms with E-state index in [1.54, 1.807) is 0 Å². The third-order valence-corrected chi connectivity index (χ3v) is 13.4. The maximum atomic E-state index is 6.99. The van der Waals surface area contributed by atoms with E-state index in [0.29, 0.717) is 17.5 Å². The number of para-hydroxylation sites is 2. The average Bonchev–Trinajstić information content (AvgIpc) is 3.66. The van der Waals surface area contributed by atoms with Crippen LogP contribution in [0.2, 0.25) is 0 Å². The van der Waals surface area contributed by atoms with E-state index >= 15 is 0 Å².